The minimum Gasteiger partial charge on any atom is -0.442 e. The van der Waals surface area contributed by atoms with E-state index >= 15 is 0 Å². The predicted octanol–water partition coefficient (Wildman–Crippen LogP) is 3.10. The van der Waals surface area contributed by atoms with E-state index in [2.05, 4.69) is 5.32 Å². The lowest BCUT2D eigenvalue weighted by molar-refractivity contribution is 0.480. The molecule has 0 saturated heterocycles. The van der Waals surface area contributed by atoms with E-state index in [0.29, 0.717) is 12.3 Å². The minimum atomic E-state index is -2.48. The van der Waals surface area contributed by atoms with Gasteiger partial charge in [-0.05, 0) is 13.1 Å². The molecule has 0 aliphatic carbocycles. The van der Waals surface area contributed by atoms with Gasteiger partial charge in [-0.2, -0.15) is 0 Å². The van der Waals surface area contributed by atoms with Gasteiger partial charge in [-0.3, -0.25) is 4.57 Å². The molecular formula is C12H20NO2P. The number of para-hydroxylation sites is 1. The zero-order valence-corrected chi connectivity index (χ0v) is 11.1. The molecule has 0 fully saturated rings. The van der Waals surface area contributed by atoms with Crippen molar-refractivity contribution >= 4 is 7.37 Å². The van der Waals surface area contributed by atoms with Gasteiger partial charge in [0.1, 0.15) is 5.75 Å². The second-order valence-corrected chi connectivity index (χ2v) is 6.75. The molecule has 0 aromatic heterocycles. The Bertz CT molecular complexity index is 371. The Labute approximate surface area is 97.7 Å². The van der Waals surface area contributed by atoms with Crippen LogP contribution < -0.4 is 9.84 Å². The predicted molar refractivity (Wildman–Crippen MR) is 68.5 cm³/mol. The van der Waals surface area contributed by atoms with Crippen LogP contribution in [0.3, 0.4) is 0 Å². The molecule has 0 spiro atoms. The molecule has 1 aromatic carbocycles. The van der Waals surface area contributed by atoms with Gasteiger partial charge < -0.3 is 9.84 Å². The molecule has 3 nitrogen and oxygen atoms in total. The van der Waals surface area contributed by atoms with Crippen LogP contribution in [-0.4, -0.2) is 19.4 Å². The van der Waals surface area contributed by atoms with E-state index in [9.17, 15) is 4.57 Å². The molecule has 0 aliphatic heterocycles. The molecule has 0 aliphatic rings. The second kappa shape index (κ2) is 6.07. The number of hydrogen-bond donors (Lipinski definition) is 1. The van der Waals surface area contributed by atoms with E-state index in [1.165, 1.54) is 0 Å². The van der Waals surface area contributed by atoms with Crippen LogP contribution in [0.2, 0.25) is 0 Å². The zero-order chi connectivity index (χ0) is 12.0. The third-order valence-corrected chi connectivity index (χ3v) is 5.02. The Kier molecular flexibility index (Phi) is 5.04. The summed E-state index contributed by atoms with van der Waals surface area (Å²) < 4.78 is 17.9. The van der Waals surface area contributed by atoms with Gasteiger partial charge in [0, 0.05) is 24.4 Å². The normalized spacial score (nSPS) is 11.4. The first kappa shape index (κ1) is 13.3. The van der Waals surface area contributed by atoms with E-state index in [1.54, 1.807) is 0 Å². The number of nitrogens with one attached hydrogen (secondary N) is 1. The fourth-order valence-electron chi connectivity index (χ4n) is 1.46. The highest BCUT2D eigenvalue weighted by Gasteiger charge is 2.20. The zero-order valence-electron chi connectivity index (χ0n) is 10.2. The lowest BCUT2D eigenvalue weighted by Crippen LogP contribution is -2.07. The molecule has 0 saturated carbocycles. The Morgan fingerprint density at radius 2 is 1.88 bits per heavy atom. The third kappa shape index (κ3) is 3.36. The highest BCUT2D eigenvalue weighted by Crippen LogP contribution is 2.46. The summed E-state index contributed by atoms with van der Waals surface area (Å²) in [6.07, 6.45) is 1.16. The van der Waals surface area contributed by atoms with Crippen molar-refractivity contribution < 1.29 is 9.09 Å². The molecule has 0 amide bonds. The van der Waals surface area contributed by atoms with Gasteiger partial charge in [-0.15, -0.1) is 0 Å². The average molecular weight is 241 g/mol. The molecule has 0 bridgehead atoms. The van der Waals surface area contributed by atoms with Gasteiger partial charge in [0.15, 0.2) is 0 Å². The summed E-state index contributed by atoms with van der Waals surface area (Å²) >= 11 is 0. The Morgan fingerprint density at radius 3 is 2.44 bits per heavy atom. The van der Waals surface area contributed by atoms with Crippen molar-refractivity contribution in [1.29, 1.82) is 0 Å². The topological polar surface area (TPSA) is 38.3 Å². The van der Waals surface area contributed by atoms with Gasteiger partial charge in [-0.25, -0.2) is 0 Å². The fraction of sp³-hybridized carbons (Fsp3) is 0.500. The highest BCUT2D eigenvalue weighted by molar-refractivity contribution is 7.59. The van der Waals surface area contributed by atoms with Gasteiger partial charge in [0.2, 0.25) is 7.37 Å². The van der Waals surface area contributed by atoms with Crippen molar-refractivity contribution in [3.05, 3.63) is 29.8 Å². The summed E-state index contributed by atoms with van der Waals surface area (Å²) in [5.74, 6) is 0.740. The molecule has 0 atom stereocenters. The van der Waals surface area contributed by atoms with E-state index in [4.69, 9.17) is 4.52 Å². The average Bonchev–Trinajstić information content (AvgIpc) is 2.32. The molecule has 1 rings (SSSR count). The minimum absolute atomic E-state index is 0.581. The first-order chi connectivity index (χ1) is 7.65. The molecule has 0 radical (unpaired) electrons. The summed E-state index contributed by atoms with van der Waals surface area (Å²) in [7, 11) is -0.596. The Morgan fingerprint density at radius 1 is 1.25 bits per heavy atom. The number of benzene rings is 1. The quantitative estimate of drug-likeness (QED) is 0.778. The summed E-state index contributed by atoms with van der Waals surface area (Å²) in [4.78, 5) is 0. The maximum absolute atomic E-state index is 12.2. The molecular weight excluding hydrogens is 221 g/mol. The Hall–Kier alpha value is -0.790. The monoisotopic (exact) mass is 241 g/mol. The van der Waals surface area contributed by atoms with Crippen molar-refractivity contribution in [3.63, 3.8) is 0 Å². The van der Waals surface area contributed by atoms with Crippen LogP contribution >= 0.6 is 7.37 Å². The summed E-state index contributed by atoms with van der Waals surface area (Å²) in [5, 5.41) is 3.08. The first-order valence-electron chi connectivity index (χ1n) is 5.65. The van der Waals surface area contributed by atoms with Gasteiger partial charge in [-0.1, -0.05) is 32.0 Å². The molecule has 16 heavy (non-hydrogen) atoms. The van der Waals surface area contributed by atoms with E-state index in [1.807, 2.05) is 45.2 Å². The fourth-order valence-corrected chi connectivity index (χ4v) is 2.70. The van der Waals surface area contributed by atoms with Crippen molar-refractivity contribution in [2.75, 3.05) is 19.4 Å². The van der Waals surface area contributed by atoms with Crippen molar-refractivity contribution in [1.82, 2.24) is 5.32 Å². The van der Waals surface area contributed by atoms with Crippen molar-refractivity contribution in [2.24, 2.45) is 0 Å². The largest absolute Gasteiger partial charge is 0.442 e. The smallest absolute Gasteiger partial charge is 0.247 e. The van der Waals surface area contributed by atoms with Crippen molar-refractivity contribution in [3.8, 4) is 5.75 Å². The van der Waals surface area contributed by atoms with E-state index in [-0.39, 0.29) is 0 Å². The lowest BCUT2D eigenvalue weighted by atomic mass is 10.2. The van der Waals surface area contributed by atoms with Crippen LogP contribution in [0.5, 0.6) is 5.75 Å². The van der Waals surface area contributed by atoms with Gasteiger partial charge >= 0.3 is 0 Å². The number of hydrogen-bond acceptors (Lipinski definition) is 3. The molecule has 1 aromatic rings. The highest BCUT2D eigenvalue weighted by atomic mass is 31.2. The number of rotatable bonds is 6. The van der Waals surface area contributed by atoms with E-state index in [0.717, 1.165) is 17.9 Å². The van der Waals surface area contributed by atoms with Gasteiger partial charge in [0.25, 0.3) is 0 Å². The molecule has 0 unspecified atom stereocenters. The van der Waals surface area contributed by atoms with Crippen LogP contribution in [0.15, 0.2) is 24.3 Å². The molecule has 90 valence electrons. The van der Waals surface area contributed by atoms with Crippen LogP contribution in [0.1, 0.15) is 19.4 Å². The van der Waals surface area contributed by atoms with Gasteiger partial charge in [0.05, 0.1) is 0 Å². The summed E-state index contributed by atoms with van der Waals surface area (Å²) in [6, 6.07) is 7.73. The molecule has 0 heterocycles. The summed E-state index contributed by atoms with van der Waals surface area (Å²) in [5.41, 5.74) is 1.05. The van der Waals surface area contributed by atoms with Crippen LogP contribution in [0, 0.1) is 0 Å². The second-order valence-electron chi connectivity index (χ2n) is 3.68. The molecule has 4 heteroatoms. The summed E-state index contributed by atoms with van der Waals surface area (Å²) in [6.45, 7) is 4.54. The Balaban J connectivity index is 2.91. The van der Waals surface area contributed by atoms with Crippen LogP contribution in [0.25, 0.3) is 0 Å². The SMILES string of the molecule is CCP(=O)(CC)Oc1ccccc1CNC. The maximum atomic E-state index is 12.2. The first-order valence-corrected chi connectivity index (χ1v) is 7.65. The van der Waals surface area contributed by atoms with E-state index < -0.39 is 7.37 Å². The standard InChI is InChI=1S/C12H20NO2P/c1-4-16(14,5-2)15-12-9-7-6-8-11(12)10-13-3/h6-9,13H,4-5,10H2,1-3H3. The van der Waals surface area contributed by atoms with Crippen LogP contribution in [-0.2, 0) is 11.1 Å². The van der Waals surface area contributed by atoms with Crippen molar-refractivity contribution in [2.45, 2.75) is 20.4 Å². The third-order valence-electron chi connectivity index (χ3n) is 2.57. The maximum Gasteiger partial charge on any atom is 0.247 e. The van der Waals surface area contributed by atoms with Crippen LogP contribution in [0.4, 0.5) is 0 Å². The molecule has 1 N–H and O–H groups in total. The lowest BCUT2D eigenvalue weighted by Gasteiger charge is -2.18.